The average Bonchev–Trinajstić information content (AvgIpc) is 2.44. The molecule has 3 heteroatoms. The Hall–Kier alpha value is -1.58. The first-order valence-corrected chi connectivity index (χ1v) is 6.18. The zero-order valence-corrected chi connectivity index (χ0v) is 10.8. The van der Waals surface area contributed by atoms with Gasteiger partial charge in [0.05, 0.1) is 13.2 Å². The van der Waals surface area contributed by atoms with Gasteiger partial charge in [-0.15, -0.1) is 0 Å². The molecule has 2 rings (SSSR count). The zero-order chi connectivity index (χ0) is 13.1. The van der Waals surface area contributed by atoms with E-state index >= 15 is 0 Å². The lowest BCUT2D eigenvalue weighted by Gasteiger charge is -2.21. The lowest BCUT2D eigenvalue weighted by Crippen LogP contribution is -2.27. The molecular formula is C15H19NO2. The summed E-state index contributed by atoms with van der Waals surface area (Å²) in [6.07, 6.45) is 0.00382. The molecule has 0 heterocycles. The number of hydrogen-bond donors (Lipinski definition) is 2. The van der Waals surface area contributed by atoms with E-state index in [2.05, 4.69) is 0 Å². The second-order valence-corrected chi connectivity index (χ2v) is 4.42. The zero-order valence-electron chi connectivity index (χ0n) is 10.8. The minimum Gasteiger partial charge on any atom is -0.496 e. The minimum absolute atomic E-state index is 0.287. The van der Waals surface area contributed by atoms with Crippen molar-refractivity contribution in [3.63, 3.8) is 0 Å². The largest absolute Gasteiger partial charge is 0.496 e. The van der Waals surface area contributed by atoms with Crippen LogP contribution in [0.15, 0.2) is 36.4 Å². The molecule has 2 unspecified atom stereocenters. The van der Waals surface area contributed by atoms with Crippen molar-refractivity contribution in [2.75, 3.05) is 7.11 Å². The molecule has 0 aliphatic heterocycles. The molecule has 3 nitrogen and oxygen atoms in total. The Morgan fingerprint density at radius 2 is 1.94 bits per heavy atom. The van der Waals surface area contributed by atoms with Gasteiger partial charge in [0.1, 0.15) is 5.75 Å². The highest BCUT2D eigenvalue weighted by molar-refractivity contribution is 5.88. The Labute approximate surface area is 107 Å². The number of aliphatic hydroxyl groups is 1. The van der Waals surface area contributed by atoms with Gasteiger partial charge in [-0.25, -0.2) is 0 Å². The summed E-state index contributed by atoms with van der Waals surface area (Å²) in [5.74, 6) is 0.685. The smallest absolute Gasteiger partial charge is 0.125 e. The fraction of sp³-hybridized carbons (Fsp3) is 0.333. The van der Waals surface area contributed by atoms with Crippen LogP contribution < -0.4 is 10.5 Å². The van der Waals surface area contributed by atoms with Crippen molar-refractivity contribution in [1.82, 2.24) is 0 Å². The Balaban J connectivity index is 2.64. The molecule has 2 aromatic rings. The third-order valence-corrected chi connectivity index (χ3v) is 3.32. The predicted octanol–water partition coefficient (Wildman–Crippen LogP) is 2.62. The molecule has 0 aliphatic rings. The van der Waals surface area contributed by atoms with E-state index in [9.17, 15) is 5.11 Å². The predicted molar refractivity (Wildman–Crippen MR) is 73.7 cm³/mol. The second-order valence-electron chi connectivity index (χ2n) is 4.42. The van der Waals surface area contributed by atoms with Crippen LogP contribution in [0.1, 0.15) is 25.0 Å². The maximum Gasteiger partial charge on any atom is 0.125 e. The molecule has 18 heavy (non-hydrogen) atoms. The number of hydrogen-bond acceptors (Lipinski definition) is 3. The molecule has 0 bridgehead atoms. The topological polar surface area (TPSA) is 55.5 Å². The maximum atomic E-state index is 10.4. The molecule has 0 spiro atoms. The summed E-state index contributed by atoms with van der Waals surface area (Å²) in [5.41, 5.74) is 6.74. The highest BCUT2D eigenvalue weighted by atomic mass is 16.5. The summed E-state index contributed by atoms with van der Waals surface area (Å²) in [4.78, 5) is 0. The van der Waals surface area contributed by atoms with Gasteiger partial charge in [-0.2, -0.15) is 0 Å². The molecule has 3 N–H and O–H groups in total. The summed E-state index contributed by atoms with van der Waals surface area (Å²) in [6, 6.07) is 11.5. The van der Waals surface area contributed by atoms with Crippen LogP contribution >= 0.6 is 0 Å². The Kier molecular flexibility index (Phi) is 3.84. The van der Waals surface area contributed by atoms with Crippen LogP contribution in [0.3, 0.4) is 0 Å². The van der Waals surface area contributed by atoms with Crippen LogP contribution in [0, 0.1) is 0 Å². The normalized spacial score (nSPS) is 14.4. The van der Waals surface area contributed by atoms with Crippen molar-refractivity contribution < 1.29 is 9.84 Å². The van der Waals surface area contributed by atoms with Crippen LogP contribution in [0.5, 0.6) is 5.75 Å². The van der Waals surface area contributed by atoms with Crippen LogP contribution in [0.2, 0.25) is 0 Å². The van der Waals surface area contributed by atoms with E-state index in [4.69, 9.17) is 10.5 Å². The monoisotopic (exact) mass is 245 g/mol. The van der Waals surface area contributed by atoms with E-state index in [0.29, 0.717) is 12.2 Å². The van der Waals surface area contributed by atoms with Gasteiger partial charge in [-0.05, 0) is 23.3 Å². The highest BCUT2D eigenvalue weighted by Gasteiger charge is 2.21. The van der Waals surface area contributed by atoms with E-state index < -0.39 is 6.10 Å². The van der Waals surface area contributed by atoms with Gasteiger partial charge in [0.2, 0.25) is 0 Å². The molecule has 2 aromatic carbocycles. The number of ether oxygens (including phenoxy) is 1. The van der Waals surface area contributed by atoms with Crippen molar-refractivity contribution in [1.29, 1.82) is 0 Å². The minimum atomic E-state index is -0.712. The van der Waals surface area contributed by atoms with Crippen molar-refractivity contribution in [3.05, 3.63) is 42.0 Å². The van der Waals surface area contributed by atoms with Gasteiger partial charge in [0, 0.05) is 11.6 Å². The van der Waals surface area contributed by atoms with Crippen LogP contribution in [-0.2, 0) is 0 Å². The van der Waals surface area contributed by atoms with Gasteiger partial charge in [0.15, 0.2) is 0 Å². The first-order valence-electron chi connectivity index (χ1n) is 6.18. The Bertz CT molecular complexity index is 539. The molecule has 0 saturated heterocycles. The van der Waals surface area contributed by atoms with Crippen molar-refractivity contribution in [3.8, 4) is 5.75 Å². The second kappa shape index (κ2) is 5.38. The number of fused-ring (bicyclic) bond motifs is 1. The molecule has 0 amide bonds. The van der Waals surface area contributed by atoms with E-state index in [0.717, 1.165) is 16.3 Å². The molecule has 0 radical (unpaired) electrons. The molecule has 0 aromatic heterocycles. The number of benzene rings is 2. The first-order chi connectivity index (χ1) is 8.69. The maximum absolute atomic E-state index is 10.4. The summed E-state index contributed by atoms with van der Waals surface area (Å²) >= 11 is 0. The lowest BCUT2D eigenvalue weighted by atomic mass is 9.94. The van der Waals surface area contributed by atoms with Crippen LogP contribution in [-0.4, -0.2) is 18.3 Å². The van der Waals surface area contributed by atoms with Crippen molar-refractivity contribution >= 4 is 10.8 Å². The Morgan fingerprint density at radius 3 is 2.61 bits per heavy atom. The molecule has 96 valence electrons. The summed E-state index contributed by atoms with van der Waals surface area (Å²) in [6.45, 7) is 1.96. The average molecular weight is 245 g/mol. The number of rotatable bonds is 4. The van der Waals surface area contributed by atoms with Crippen LogP contribution in [0.4, 0.5) is 0 Å². The van der Waals surface area contributed by atoms with E-state index in [-0.39, 0.29) is 6.04 Å². The fourth-order valence-electron chi connectivity index (χ4n) is 2.20. The quantitative estimate of drug-likeness (QED) is 0.870. The summed E-state index contributed by atoms with van der Waals surface area (Å²) < 4.78 is 5.35. The third-order valence-electron chi connectivity index (χ3n) is 3.32. The van der Waals surface area contributed by atoms with Gasteiger partial charge >= 0.3 is 0 Å². The Morgan fingerprint density at radius 1 is 1.22 bits per heavy atom. The molecular weight excluding hydrogens is 226 g/mol. The number of aliphatic hydroxyl groups excluding tert-OH is 1. The summed E-state index contributed by atoms with van der Waals surface area (Å²) in [7, 11) is 1.61. The first kappa shape index (κ1) is 12.9. The van der Waals surface area contributed by atoms with Crippen LogP contribution in [0.25, 0.3) is 10.8 Å². The van der Waals surface area contributed by atoms with Crippen molar-refractivity contribution in [2.24, 2.45) is 5.73 Å². The van der Waals surface area contributed by atoms with E-state index in [1.807, 2.05) is 43.3 Å². The SMILES string of the molecule is CCC(N)C(O)c1c(OC)ccc2ccccc12. The lowest BCUT2D eigenvalue weighted by molar-refractivity contribution is 0.142. The summed E-state index contributed by atoms with van der Waals surface area (Å²) in [5, 5.41) is 12.5. The molecule has 0 aliphatic carbocycles. The molecule has 0 fully saturated rings. The van der Waals surface area contributed by atoms with Gasteiger partial charge in [0.25, 0.3) is 0 Å². The third kappa shape index (κ3) is 2.19. The standard InChI is InChI=1S/C15H19NO2/c1-3-12(16)15(17)14-11-7-5-4-6-10(11)8-9-13(14)18-2/h4-9,12,15,17H,3,16H2,1-2H3. The number of nitrogens with two attached hydrogens (primary N) is 1. The number of methoxy groups -OCH3 is 1. The van der Waals surface area contributed by atoms with Gasteiger partial charge in [-0.3, -0.25) is 0 Å². The van der Waals surface area contributed by atoms with Gasteiger partial charge in [-0.1, -0.05) is 37.3 Å². The van der Waals surface area contributed by atoms with E-state index in [1.165, 1.54) is 0 Å². The molecule has 0 saturated carbocycles. The van der Waals surface area contributed by atoms with Crippen molar-refractivity contribution in [2.45, 2.75) is 25.5 Å². The molecule has 2 atom stereocenters. The van der Waals surface area contributed by atoms with Gasteiger partial charge < -0.3 is 15.6 Å². The highest BCUT2D eigenvalue weighted by Crippen LogP contribution is 2.34. The van der Waals surface area contributed by atoms with E-state index in [1.54, 1.807) is 7.11 Å². The fourth-order valence-corrected chi connectivity index (χ4v) is 2.20.